The molecular weight excluding hydrogens is 252 g/mol. The van der Waals surface area contributed by atoms with Crippen molar-refractivity contribution >= 4 is 17.9 Å². The molecule has 0 rings (SSSR count). The lowest BCUT2D eigenvalue weighted by Gasteiger charge is -2.27. The molecule has 0 bridgehead atoms. The molecule has 0 fully saturated rings. The molecule has 0 amide bonds. The fourth-order valence-electron chi connectivity index (χ4n) is 1.66. The van der Waals surface area contributed by atoms with Crippen molar-refractivity contribution in [2.24, 2.45) is 11.3 Å². The Bertz CT molecular complexity index is 391. The summed E-state index contributed by atoms with van der Waals surface area (Å²) in [5.74, 6) is -4.86. The number of aliphatic carboxylic acids is 2. The van der Waals surface area contributed by atoms with Crippen LogP contribution in [0.1, 0.15) is 34.6 Å². The molecule has 0 atom stereocenters. The summed E-state index contributed by atoms with van der Waals surface area (Å²) in [7, 11) is 0. The van der Waals surface area contributed by atoms with E-state index in [0.29, 0.717) is 0 Å². The highest BCUT2D eigenvalue weighted by Crippen LogP contribution is 2.30. The molecule has 0 aliphatic carbocycles. The topological polar surface area (TPSA) is 101 Å². The third kappa shape index (κ3) is 5.54. The van der Waals surface area contributed by atoms with Gasteiger partial charge in [0.05, 0.1) is 0 Å². The van der Waals surface area contributed by atoms with Gasteiger partial charge in [-0.3, -0.25) is 14.4 Å². The second-order valence-corrected chi connectivity index (χ2v) is 5.46. The lowest BCUT2D eigenvalue weighted by molar-refractivity contribution is -0.159. The molecular formula is C13H20O6. The molecule has 0 saturated carbocycles. The summed E-state index contributed by atoms with van der Waals surface area (Å²) in [4.78, 5) is 32.9. The van der Waals surface area contributed by atoms with Gasteiger partial charge in [-0.15, -0.1) is 0 Å². The standard InChI is InChI=1S/C13H20O6/c1-8(14)19-13(4,5)7-6-12(2,3)9(10(15)16)11(17)18/h6-7,9H,1-5H3,(H,15,16)(H,17,18)/b7-6+. The zero-order valence-corrected chi connectivity index (χ0v) is 11.8. The lowest BCUT2D eigenvalue weighted by Crippen LogP contribution is -2.36. The maximum atomic E-state index is 11.0. The van der Waals surface area contributed by atoms with E-state index in [4.69, 9.17) is 14.9 Å². The van der Waals surface area contributed by atoms with Crippen molar-refractivity contribution in [1.29, 1.82) is 0 Å². The molecule has 0 radical (unpaired) electrons. The monoisotopic (exact) mass is 272 g/mol. The maximum absolute atomic E-state index is 11.0. The Morgan fingerprint density at radius 2 is 1.42 bits per heavy atom. The minimum Gasteiger partial charge on any atom is -0.481 e. The minimum atomic E-state index is -1.57. The molecule has 0 aromatic carbocycles. The Labute approximate surface area is 112 Å². The Morgan fingerprint density at radius 3 is 1.74 bits per heavy atom. The van der Waals surface area contributed by atoms with Crippen molar-refractivity contribution in [1.82, 2.24) is 0 Å². The van der Waals surface area contributed by atoms with E-state index in [1.54, 1.807) is 13.8 Å². The fraction of sp³-hybridized carbons (Fsp3) is 0.615. The van der Waals surface area contributed by atoms with Crippen LogP contribution in [-0.2, 0) is 19.1 Å². The SMILES string of the molecule is CC(=O)OC(C)(C)/C=C/C(C)(C)C(C(=O)O)C(=O)O. The van der Waals surface area contributed by atoms with Crippen molar-refractivity contribution in [2.45, 2.75) is 40.2 Å². The van der Waals surface area contributed by atoms with Crippen LogP contribution in [0, 0.1) is 11.3 Å². The Kier molecular flexibility index (Phi) is 5.29. The van der Waals surface area contributed by atoms with Crippen LogP contribution in [-0.4, -0.2) is 33.7 Å². The Hall–Kier alpha value is -1.85. The van der Waals surface area contributed by atoms with Gasteiger partial charge >= 0.3 is 17.9 Å². The highest BCUT2D eigenvalue weighted by Gasteiger charge is 2.40. The molecule has 2 N–H and O–H groups in total. The van der Waals surface area contributed by atoms with Crippen LogP contribution < -0.4 is 0 Å². The van der Waals surface area contributed by atoms with Crippen molar-refractivity contribution in [3.8, 4) is 0 Å². The summed E-state index contributed by atoms with van der Waals surface area (Å²) in [6.07, 6.45) is 2.94. The summed E-state index contributed by atoms with van der Waals surface area (Å²) in [6, 6.07) is 0. The number of hydrogen-bond acceptors (Lipinski definition) is 4. The quantitative estimate of drug-likeness (QED) is 0.433. The van der Waals surface area contributed by atoms with Crippen molar-refractivity contribution < 1.29 is 29.3 Å². The first-order chi connectivity index (χ1) is 8.39. The van der Waals surface area contributed by atoms with Crippen molar-refractivity contribution in [3.05, 3.63) is 12.2 Å². The van der Waals surface area contributed by atoms with Crippen LogP contribution in [0.15, 0.2) is 12.2 Å². The molecule has 108 valence electrons. The molecule has 0 unspecified atom stereocenters. The maximum Gasteiger partial charge on any atom is 0.318 e. The van der Waals surface area contributed by atoms with Gasteiger partial charge in [-0.25, -0.2) is 0 Å². The number of carbonyl (C=O) groups is 3. The second kappa shape index (κ2) is 5.86. The van der Waals surface area contributed by atoms with Crippen LogP contribution in [0.25, 0.3) is 0 Å². The molecule has 0 aliphatic rings. The first kappa shape index (κ1) is 17.2. The van der Waals surface area contributed by atoms with Crippen LogP contribution in [0.2, 0.25) is 0 Å². The summed E-state index contributed by atoms with van der Waals surface area (Å²) in [6.45, 7) is 7.51. The molecule has 6 nitrogen and oxygen atoms in total. The molecule has 19 heavy (non-hydrogen) atoms. The van der Waals surface area contributed by atoms with Gasteiger partial charge in [0, 0.05) is 12.3 Å². The number of rotatable bonds is 6. The van der Waals surface area contributed by atoms with Crippen molar-refractivity contribution in [3.63, 3.8) is 0 Å². The van der Waals surface area contributed by atoms with Crippen LogP contribution in [0.4, 0.5) is 0 Å². The molecule has 0 spiro atoms. The number of esters is 1. The van der Waals surface area contributed by atoms with Gasteiger partial charge in [0.25, 0.3) is 0 Å². The van der Waals surface area contributed by atoms with E-state index in [-0.39, 0.29) is 0 Å². The zero-order valence-electron chi connectivity index (χ0n) is 11.8. The van der Waals surface area contributed by atoms with Crippen LogP contribution >= 0.6 is 0 Å². The predicted molar refractivity (Wildman–Crippen MR) is 67.5 cm³/mol. The molecule has 0 saturated heterocycles. The summed E-state index contributed by atoms with van der Waals surface area (Å²) >= 11 is 0. The van der Waals surface area contributed by atoms with Crippen molar-refractivity contribution in [2.75, 3.05) is 0 Å². The number of carbonyl (C=O) groups excluding carboxylic acids is 1. The smallest absolute Gasteiger partial charge is 0.318 e. The van der Waals surface area contributed by atoms with Gasteiger partial charge in [-0.1, -0.05) is 19.9 Å². The number of hydrogen-bond donors (Lipinski definition) is 2. The molecule has 0 aromatic heterocycles. The molecule has 6 heteroatoms. The van der Waals surface area contributed by atoms with E-state index in [9.17, 15) is 14.4 Å². The first-order valence-electron chi connectivity index (χ1n) is 5.74. The van der Waals surface area contributed by atoms with E-state index in [2.05, 4.69) is 0 Å². The molecule has 0 heterocycles. The molecule has 0 aliphatic heterocycles. The summed E-state index contributed by atoms with van der Waals surface area (Å²) in [5, 5.41) is 17.9. The van der Waals surface area contributed by atoms with Crippen LogP contribution in [0.5, 0.6) is 0 Å². The average molecular weight is 272 g/mol. The number of carboxylic acids is 2. The normalized spacial score (nSPS) is 12.7. The van der Waals surface area contributed by atoms with Gasteiger partial charge in [0.2, 0.25) is 0 Å². The van der Waals surface area contributed by atoms with E-state index >= 15 is 0 Å². The van der Waals surface area contributed by atoms with E-state index < -0.39 is 34.8 Å². The predicted octanol–water partition coefficient (Wildman–Crippen LogP) is 1.70. The Balaban J connectivity index is 5.17. The third-order valence-electron chi connectivity index (χ3n) is 2.56. The van der Waals surface area contributed by atoms with Gasteiger partial charge in [-0.2, -0.15) is 0 Å². The molecule has 0 aromatic rings. The fourth-order valence-corrected chi connectivity index (χ4v) is 1.66. The number of allylic oxidation sites excluding steroid dienone is 1. The highest BCUT2D eigenvalue weighted by molar-refractivity contribution is 5.94. The largest absolute Gasteiger partial charge is 0.481 e. The summed E-state index contributed by atoms with van der Waals surface area (Å²) < 4.78 is 5.01. The van der Waals surface area contributed by atoms with Gasteiger partial charge < -0.3 is 14.9 Å². The average Bonchev–Trinajstić information content (AvgIpc) is 2.10. The third-order valence-corrected chi connectivity index (χ3v) is 2.56. The van der Waals surface area contributed by atoms with Gasteiger partial charge in [-0.05, 0) is 19.9 Å². The Morgan fingerprint density at radius 1 is 1.00 bits per heavy atom. The highest BCUT2D eigenvalue weighted by atomic mass is 16.6. The van der Waals surface area contributed by atoms with Crippen LogP contribution in [0.3, 0.4) is 0 Å². The van der Waals surface area contributed by atoms with Gasteiger partial charge in [0.15, 0.2) is 5.92 Å². The second-order valence-electron chi connectivity index (χ2n) is 5.46. The van der Waals surface area contributed by atoms with Gasteiger partial charge in [0.1, 0.15) is 5.60 Å². The van der Waals surface area contributed by atoms with E-state index in [1.807, 2.05) is 0 Å². The minimum absolute atomic E-state index is 0.472. The number of carboxylic acid groups (broad SMARTS) is 2. The number of ether oxygens (including phenoxy) is 1. The van der Waals surface area contributed by atoms with E-state index in [1.165, 1.54) is 32.9 Å². The lowest BCUT2D eigenvalue weighted by atomic mass is 9.78. The zero-order chi connectivity index (χ0) is 15.4. The summed E-state index contributed by atoms with van der Waals surface area (Å²) in [5.41, 5.74) is -2.04. The first-order valence-corrected chi connectivity index (χ1v) is 5.74. The van der Waals surface area contributed by atoms with E-state index in [0.717, 1.165) is 0 Å².